The van der Waals surface area contributed by atoms with Gasteiger partial charge in [0.2, 0.25) is 0 Å². The topological polar surface area (TPSA) is 98.6 Å². The third-order valence-electron chi connectivity index (χ3n) is 3.90. The van der Waals surface area contributed by atoms with E-state index in [4.69, 9.17) is 5.26 Å². The number of aryl methyl sites for hydroxylation is 1. The number of carbonyl (C=O) groups excluding carboxylic acids is 1. The molecule has 1 atom stereocenters. The van der Waals surface area contributed by atoms with Crippen molar-refractivity contribution < 1.29 is 4.79 Å². The lowest BCUT2D eigenvalue weighted by Crippen LogP contribution is -2.35. The van der Waals surface area contributed by atoms with Crippen molar-refractivity contribution in [2.24, 2.45) is 0 Å². The molecular formula is C19H22N4O2. The Morgan fingerprint density at radius 2 is 2.04 bits per heavy atom. The SMILES string of the molecule is Cc1nc(C(C)(C)C)[nH]c(=O)c1C(=O)N[C@H](C)c1cccc(C#N)c1. The van der Waals surface area contributed by atoms with E-state index in [1.807, 2.05) is 26.8 Å². The summed E-state index contributed by atoms with van der Waals surface area (Å²) in [4.78, 5) is 32.0. The predicted molar refractivity (Wildman–Crippen MR) is 95.3 cm³/mol. The molecule has 2 rings (SSSR count). The number of rotatable bonds is 3. The van der Waals surface area contributed by atoms with Crippen LogP contribution in [0.15, 0.2) is 29.1 Å². The number of nitriles is 1. The van der Waals surface area contributed by atoms with Gasteiger partial charge >= 0.3 is 0 Å². The highest BCUT2D eigenvalue weighted by Gasteiger charge is 2.23. The summed E-state index contributed by atoms with van der Waals surface area (Å²) < 4.78 is 0. The van der Waals surface area contributed by atoms with Gasteiger partial charge in [-0.1, -0.05) is 32.9 Å². The Bertz CT molecular complexity index is 901. The van der Waals surface area contributed by atoms with E-state index in [0.717, 1.165) is 5.56 Å². The number of nitrogens with zero attached hydrogens (tertiary/aromatic N) is 2. The third-order valence-corrected chi connectivity index (χ3v) is 3.90. The third kappa shape index (κ3) is 4.13. The Kier molecular flexibility index (Phi) is 5.07. The molecule has 130 valence electrons. The normalized spacial score (nSPS) is 12.3. The van der Waals surface area contributed by atoms with Gasteiger partial charge in [0.25, 0.3) is 11.5 Å². The molecule has 0 aliphatic heterocycles. The van der Waals surface area contributed by atoms with Crippen LogP contribution in [0.4, 0.5) is 0 Å². The molecule has 0 saturated carbocycles. The van der Waals surface area contributed by atoms with Gasteiger partial charge in [0, 0.05) is 5.41 Å². The Morgan fingerprint density at radius 3 is 2.60 bits per heavy atom. The van der Waals surface area contributed by atoms with E-state index < -0.39 is 11.5 Å². The fraction of sp³-hybridized carbons (Fsp3) is 0.368. The maximum atomic E-state index is 12.5. The summed E-state index contributed by atoms with van der Waals surface area (Å²) >= 11 is 0. The summed E-state index contributed by atoms with van der Waals surface area (Å²) in [7, 11) is 0. The number of hydrogen-bond donors (Lipinski definition) is 2. The predicted octanol–water partition coefficient (Wildman–Crippen LogP) is 2.74. The summed E-state index contributed by atoms with van der Waals surface area (Å²) in [5.41, 5.74) is 0.946. The molecule has 0 saturated heterocycles. The first-order valence-electron chi connectivity index (χ1n) is 8.06. The molecule has 0 fully saturated rings. The Morgan fingerprint density at radius 1 is 1.36 bits per heavy atom. The van der Waals surface area contributed by atoms with E-state index in [1.54, 1.807) is 32.0 Å². The summed E-state index contributed by atoms with van der Waals surface area (Å²) in [6.45, 7) is 9.27. The molecule has 0 aliphatic rings. The van der Waals surface area contributed by atoms with Crippen molar-refractivity contribution in [2.45, 2.75) is 46.1 Å². The monoisotopic (exact) mass is 338 g/mol. The molecule has 0 radical (unpaired) electrons. The fourth-order valence-corrected chi connectivity index (χ4v) is 2.44. The number of carbonyl (C=O) groups is 1. The van der Waals surface area contributed by atoms with Crippen molar-refractivity contribution >= 4 is 5.91 Å². The molecule has 1 heterocycles. The molecule has 2 N–H and O–H groups in total. The summed E-state index contributed by atoms with van der Waals surface area (Å²) in [6, 6.07) is 8.71. The molecule has 25 heavy (non-hydrogen) atoms. The number of nitrogens with one attached hydrogen (secondary N) is 2. The second kappa shape index (κ2) is 6.89. The van der Waals surface area contributed by atoms with Crippen LogP contribution in [0.2, 0.25) is 0 Å². The molecular weight excluding hydrogens is 316 g/mol. The molecule has 0 spiro atoms. The van der Waals surface area contributed by atoms with Gasteiger partial charge in [-0.3, -0.25) is 9.59 Å². The minimum absolute atomic E-state index is 0.0105. The van der Waals surface area contributed by atoms with Gasteiger partial charge in [0.15, 0.2) is 0 Å². The second-order valence-corrected chi connectivity index (χ2v) is 7.06. The van der Waals surface area contributed by atoms with E-state index in [9.17, 15) is 9.59 Å². The smallest absolute Gasteiger partial charge is 0.264 e. The number of aromatic amines is 1. The molecule has 6 heteroatoms. The lowest BCUT2D eigenvalue weighted by atomic mass is 9.95. The first kappa shape index (κ1) is 18.4. The Hall–Kier alpha value is -2.94. The zero-order chi connectivity index (χ0) is 18.8. The van der Waals surface area contributed by atoms with Crippen LogP contribution < -0.4 is 10.9 Å². The number of hydrogen-bond acceptors (Lipinski definition) is 4. The maximum absolute atomic E-state index is 12.5. The van der Waals surface area contributed by atoms with Crippen molar-refractivity contribution in [3.63, 3.8) is 0 Å². The van der Waals surface area contributed by atoms with Crippen LogP contribution in [0.25, 0.3) is 0 Å². The zero-order valence-electron chi connectivity index (χ0n) is 15.1. The van der Waals surface area contributed by atoms with Crippen LogP contribution in [-0.2, 0) is 5.41 Å². The molecule has 0 unspecified atom stereocenters. The van der Waals surface area contributed by atoms with Crippen LogP contribution in [0, 0.1) is 18.3 Å². The lowest BCUT2D eigenvalue weighted by molar-refractivity contribution is 0.0937. The van der Waals surface area contributed by atoms with Gasteiger partial charge in [-0.05, 0) is 31.5 Å². The molecule has 1 amide bonds. The Balaban J connectivity index is 2.29. The fourth-order valence-electron chi connectivity index (χ4n) is 2.44. The summed E-state index contributed by atoms with van der Waals surface area (Å²) in [6.07, 6.45) is 0. The number of aromatic nitrogens is 2. The van der Waals surface area contributed by atoms with Gasteiger partial charge in [0.05, 0.1) is 23.4 Å². The van der Waals surface area contributed by atoms with Crippen molar-refractivity contribution in [3.8, 4) is 6.07 Å². The number of H-pyrrole nitrogens is 1. The molecule has 0 aliphatic carbocycles. The highest BCUT2D eigenvalue weighted by molar-refractivity contribution is 5.95. The van der Waals surface area contributed by atoms with Gasteiger partial charge in [-0.2, -0.15) is 5.26 Å². The molecule has 0 bridgehead atoms. The van der Waals surface area contributed by atoms with Gasteiger partial charge in [-0.25, -0.2) is 4.98 Å². The highest BCUT2D eigenvalue weighted by atomic mass is 16.2. The maximum Gasteiger partial charge on any atom is 0.264 e. The van der Waals surface area contributed by atoms with E-state index in [2.05, 4.69) is 21.4 Å². The van der Waals surface area contributed by atoms with Gasteiger partial charge < -0.3 is 10.3 Å². The van der Waals surface area contributed by atoms with Crippen molar-refractivity contribution in [1.29, 1.82) is 5.26 Å². The van der Waals surface area contributed by atoms with E-state index >= 15 is 0 Å². The van der Waals surface area contributed by atoms with Gasteiger partial charge in [0.1, 0.15) is 11.4 Å². The minimum atomic E-state index is -0.485. The lowest BCUT2D eigenvalue weighted by Gasteiger charge is -2.19. The minimum Gasteiger partial charge on any atom is -0.345 e. The number of amides is 1. The van der Waals surface area contributed by atoms with Crippen LogP contribution in [0.5, 0.6) is 0 Å². The summed E-state index contributed by atoms with van der Waals surface area (Å²) in [5, 5.41) is 11.8. The molecule has 1 aromatic heterocycles. The molecule has 2 aromatic rings. The summed E-state index contributed by atoms with van der Waals surface area (Å²) in [5.74, 6) is 0.0582. The van der Waals surface area contributed by atoms with Crippen LogP contribution in [-0.4, -0.2) is 15.9 Å². The molecule has 6 nitrogen and oxygen atoms in total. The van der Waals surface area contributed by atoms with E-state index in [-0.39, 0.29) is 17.0 Å². The van der Waals surface area contributed by atoms with E-state index in [1.165, 1.54) is 0 Å². The van der Waals surface area contributed by atoms with Gasteiger partial charge in [-0.15, -0.1) is 0 Å². The van der Waals surface area contributed by atoms with E-state index in [0.29, 0.717) is 17.1 Å². The van der Waals surface area contributed by atoms with Crippen LogP contribution in [0.3, 0.4) is 0 Å². The Labute approximate surface area is 146 Å². The first-order chi connectivity index (χ1) is 11.6. The largest absolute Gasteiger partial charge is 0.345 e. The second-order valence-electron chi connectivity index (χ2n) is 7.06. The average molecular weight is 338 g/mol. The molecule has 1 aromatic carbocycles. The average Bonchev–Trinajstić information content (AvgIpc) is 2.53. The quantitative estimate of drug-likeness (QED) is 0.899. The van der Waals surface area contributed by atoms with Crippen LogP contribution in [0.1, 0.15) is 66.7 Å². The number of benzene rings is 1. The van der Waals surface area contributed by atoms with Crippen molar-refractivity contribution in [2.75, 3.05) is 0 Å². The zero-order valence-corrected chi connectivity index (χ0v) is 15.1. The standard InChI is InChI=1S/C19H22N4O2/c1-11(14-8-6-7-13(9-14)10-20)21-16(24)15-12(2)22-18(19(3,4)5)23-17(15)25/h6-9,11H,1-5H3,(H,21,24)(H,22,23,25)/t11-/m1/s1. The van der Waals surface area contributed by atoms with Crippen LogP contribution >= 0.6 is 0 Å². The first-order valence-corrected chi connectivity index (χ1v) is 8.06. The highest BCUT2D eigenvalue weighted by Crippen LogP contribution is 2.18. The van der Waals surface area contributed by atoms with Crippen molar-refractivity contribution in [1.82, 2.24) is 15.3 Å². The van der Waals surface area contributed by atoms with Crippen molar-refractivity contribution in [3.05, 3.63) is 62.8 Å².